The lowest BCUT2D eigenvalue weighted by molar-refractivity contribution is -0.135. The highest BCUT2D eigenvalue weighted by molar-refractivity contribution is 7.11. The van der Waals surface area contributed by atoms with Crippen molar-refractivity contribution in [2.24, 2.45) is 18.0 Å². The van der Waals surface area contributed by atoms with Gasteiger partial charge in [0.25, 0.3) is 0 Å². The average Bonchev–Trinajstić information content (AvgIpc) is 3.32. The largest absolute Gasteiger partial charge is 0.426 e. The van der Waals surface area contributed by atoms with E-state index in [9.17, 15) is 9.18 Å². The van der Waals surface area contributed by atoms with Crippen LogP contribution in [0.5, 0.6) is 0 Å². The third-order valence-electron chi connectivity index (χ3n) is 5.74. The van der Waals surface area contributed by atoms with E-state index < -0.39 is 0 Å². The summed E-state index contributed by atoms with van der Waals surface area (Å²) in [4.78, 5) is 26.6. The van der Waals surface area contributed by atoms with Crippen molar-refractivity contribution in [3.8, 4) is 0 Å². The van der Waals surface area contributed by atoms with Crippen LogP contribution in [-0.2, 0) is 18.4 Å². The van der Waals surface area contributed by atoms with E-state index in [1.165, 1.54) is 0 Å². The average molecular weight is 445 g/mol. The molecule has 4 heterocycles. The lowest BCUT2D eigenvalue weighted by Crippen LogP contribution is -2.43. The maximum absolute atomic E-state index is 14.5. The van der Waals surface area contributed by atoms with E-state index in [-0.39, 0.29) is 24.2 Å². The van der Waals surface area contributed by atoms with Gasteiger partial charge in [0.1, 0.15) is 5.83 Å². The van der Waals surface area contributed by atoms with Gasteiger partial charge < -0.3 is 20.1 Å². The first-order chi connectivity index (χ1) is 14.8. The van der Waals surface area contributed by atoms with Crippen molar-refractivity contribution in [3.05, 3.63) is 44.7 Å². The van der Waals surface area contributed by atoms with Crippen molar-refractivity contribution in [1.29, 1.82) is 0 Å². The molecule has 0 unspecified atom stereocenters. The Morgan fingerprint density at radius 1 is 1.32 bits per heavy atom. The minimum Gasteiger partial charge on any atom is -0.426 e. The number of amides is 1. The minimum atomic E-state index is -0.347. The molecule has 166 valence electrons. The lowest BCUT2D eigenvalue weighted by Gasteiger charge is -2.42. The fourth-order valence-corrected chi connectivity index (χ4v) is 4.93. The molecule has 2 aromatic heterocycles. The Hall–Kier alpha value is -2.75. The summed E-state index contributed by atoms with van der Waals surface area (Å²) in [6.45, 7) is 5.77. The Labute approximate surface area is 185 Å². The van der Waals surface area contributed by atoms with E-state index in [2.05, 4.69) is 25.3 Å². The minimum absolute atomic E-state index is 0.0192. The van der Waals surface area contributed by atoms with Crippen LogP contribution in [0.2, 0.25) is 0 Å². The number of rotatable bonds is 4. The number of thiazole rings is 1. The third-order valence-corrected chi connectivity index (χ3v) is 6.64. The molecule has 10 heteroatoms. The Bertz CT molecular complexity index is 1010. The van der Waals surface area contributed by atoms with Gasteiger partial charge in [-0.3, -0.25) is 9.48 Å². The molecule has 31 heavy (non-hydrogen) atoms. The van der Waals surface area contributed by atoms with Gasteiger partial charge in [-0.05, 0) is 45.3 Å². The summed E-state index contributed by atoms with van der Waals surface area (Å²) >= 11 is 1.62. The van der Waals surface area contributed by atoms with Crippen molar-refractivity contribution in [1.82, 2.24) is 24.6 Å². The van der Waals surface area contributed by atoms with Gasteiger partial charge in [0.15, 0.2) is 0 Å². The van der Waals surface area contributed by atoms with E-state index in [0.29, 0.717) is 37.0 Å². The predicted octanol–water partition coefficient (Wildman–Crippen LogP) is 3.25. The number of hydrogen-bond acceptors (Lipinski definition) is 6. The van der Waals surface area contributed by atoms with Gasteiger partial charge in [-0.2, -0.15) is 5.10 Å². The second kappa shape index (κ2) is 8.78. The molecular weight excluding hydrogens is 417 g/mol. The maximum atomic E-state index is 14.5. The number of nitrogens with zero attached hydrogens (tertiary/aromatic N) is 7. The predicted molar refractivity (Wildman–Crippen MR) is 119 cm³/mol. The van der Waals surface area contributed by atoms with Crippen LogP contribution in [0.3, 0.4) is 0 Å². The summed E-state index contributed by atoms with van der Waals surface area (Å²) in [6, 6.07) is 0. The number of likely N-dealkylation sites (tertiary alicyclic amines) is 1. The summed E-state index contributed by atoms with van der Waals surface area (Å²) in [5.74, 6) is 0.327. The van der Waals surface area contributed by atoms with Crippen molar-refractivity contribution >= 4 is 28.9 Å². The van der Waals surface area contributed by atoms with Crippen LogP contribution >= 0.6 is 11.3 Å². The molecular formula is C21H27FN7OS-. The van der Waals surface area contributed by atoms with Crippen LogP contribution in [0.1, 0.15) is 34.0 Å². The van der Waals surface area contributed by atoms with E-state index in [4.69, 9.17) is 0 Å². The van der Waals surface area contributed by atoms with Gasteiger partial charge in [-0.15, -0.1) is 11.3 Å². The molecule has 2 aliphatic rings. The highest BCUT2D eigenvalue weighted by Crippen LogP contribution is 2.31. The molecule has 0 bridgehead atoms. The van der Waals surface area contributed by atoms with Gasteiger partial charge >= 0.3 is 0 Å². The quantitative estimate of drug-likeness (QED) is 0.725. The Morgan fingerprint density at radius 3 is 2.68 bits per heavy atom. The van der Waals surface area contributed by atoms with Gasteiger partial charge in [0, 0.05) is 43.6 Å². The topological polar surface area (TPSA) is 80.7 Å². The zero-order valence-corrected chi connectivity index (χ0v) is 19.1. The Morgan fingerprint density at radius 2 is 2.06 bits per heavy atom. The first kappa shape index (κ1) is 21.5. The number of aliphatic imine (C=N–C) groups is 1. The van der Waals surface area contributed by atoms with E-state index in [0.717, 1.165) is 28.3 Å². The molecule has 0 N–H and O–H groups in total. The van der Waals surface area contributed by atoms with E-state index in [1.807, 2.05) is 27.1 Å². The number of halogens is 1. The number of hydrogen-bond donors (Lipinski definition) is 0. The molecule has 0 radical (unpaired) electrons. The number of piperidine rings is 1. The van der Waals surface area contributed by atoms with Gasteiger partial charge in [0.2, 0.25) is 5.91 Å². The number of carbonyl (C=O) groups is 1. The second-order valence-corrected chi connectivity index (χ2v) is 9.40. The third kappa shape index (κ3) is 4.48. The standard InChI is InChI=1S/C21H27FN7OS/c1-13-9-25-28(4)19(13)18-17(22)11-24-21(26-18)29-7-5-15(6-8-29)20(30)27(3)12-16-10-23-14(2)31-16/h9-10,15H,5-8,11-12H2,1-4H3/q-1. The molecule has 2 aliphatic heterocycles. The van der Waals surface area contributed by atoms with Gasteiger partial charge in [-0.1, -0.05) is 0 Å². The monoisotopic (exact) mass is 444 g/mol. The summed E-state index contributed by atoms with van der Waals surface area (Å²) in [6.07, 6.45) is 5.00. The molecule has 2 aromatic rings. The number of aryl methyl sites for hydroxylation is 3. The first-order valence-corrected chi connectivity index (χ1v) is 11.2. The zero-order valence-electron chi connectivity index (χ0n) is 18.3. The molecule has 1 amide bonds. The molecule has 0 aliphatic carbocycles. The fourth-order valence-electron chi connectivity index (χ4n) is 4.08. The van der Waals surface area contributed by atoms with Crippen molar-refractivity contribution in [2.45, 2.75) is 33.2 Å². The molecule has 8 nitrogen and oxygen atoms in total. The normalized spacial score (nSPS) is 17.6. The SMILES string of the molecule is Cc1ncc(CN(C)C(=O)C2CCN(C3=NC(c4c(C)cnn4C)=C(F)C[N-]3)CC2)s1. The lowest BCUT2D eigenvalue weighted by atomic mass is 9.95. The Balaban J connectivity index is 1.39. The molecule has 1 fully saturated rings. The summed E-state index contributed by atoms with van der Waals surface area (Å²) in [5, 5.41) is 9.53. The number of aromatic nitrogens is 3. The first-order valence-electron chi connectivity index (χ1n) is 10.4. The summed E-state index contributed by atoms with van der Waals surface area (Å²) in [5.41, 5.74) is 1.86. The number of carbonyl (C=O) groups excluding carboxylic acids is 1. The highest BCUT2D eigenvalue weighted by Gasteiger charge is 2.27. The van der Waals surface area contributed by atoms with Crippen molar-refractivity contribution in [3.63, 3.8) is 0 Å². The highest BCUT2D eigenvalue weighted by atomic mass is 32.1. The zero-order chi connectivity index (χ0) is 22.1. The van der Waals surface area contributed by atoms with Crippen LogP contribution < -0.4 is 0 Å². The van der Waals surface area contributed by atoms with Crippen molar-refractivity contribution < 1.29 is 9.18 Å². The van der Waals surface area contributed by atoms with Crippen LogP contribution in [0.25, 0.3) is 11.0 Å². The molecule has 0 spiro atoms. The molecule has 0 aromatic carbocycles. The molecule has 0 atom stereocenters. The van der Waals surface area contributed by atoms with Crippen LogP contribution in [0.15, 0.2) is 23.2 Å². The molecule has 1 saturated heterocycles. The van der Waals surface area contributed by atoms with E-state index >= 15 is 0 Å². The maximum Gasteiger partial charge on any atom is 0.225 e. The van der Waals surface area contributed by atoms with E-state index in [1.54, 1.807) is 34.2 Å². The van der Waals surface area contributed by atoms with Crippen LogP contribution in [0.4, 0.5) is 4.39 Å². The van der Waals surface area contributed by atoms with Crippen LogP contribution in [0, 0.1) is 19.8 Å². The van der Waals surface area contributed by atoms with Gasteiger partial charge in [-0.25, -0.2) is 9.37 Å². The fraction of sp³-hybridized carbons (Fsp3) is 0.524. The molecule has 4 rings (SSSR count). The summed E-state index contributed by atoms with van der Waals surface area (Å²) in [7, 11) is 3.63. The smallest absolute Gasteiger partial charge is 0.225 e. The number of guanidine groups is 1. The summed E-state index contributed by atoms with van der Waals surface area (Å²) < 4.78 is 16.2. The second-order valence-electron chi connectivity index (χ2n) is 8.08. The molecule has 0 saturated carbocycles. The Kier molecular flexibility index (Phi) is 6.08. The van der Waals surface area contributed by atoms with Crippen molar-refractivity contribution in [2.75, 3.05) is 26.7 Å². The van der Waals surface area contributed by atoms with Gasteiger partial charge in [0.05, 0.1) is 29.1 Å². The van der Waals surface area contributed by atoms with Crippen LogP contribution in [-0.4, -0.2) is 63.1 Å².